The van der Waals surface area contributed by atoms with Crippen LogP contribution in [-0.4, -0.2) is 25.7 Å². The number of benzene rings is 1. The van der Waals surface area contributed by atoms with E-state index in [1.165, 1.54) is 0 Å². The molecule has 0 bridgehead atoms. The molecule has 0 aliphatic heterocycles. The van der Waals surface area contributed by atoms with Crippen molar-refractivity contribution in [2.75, 3.05) is 25.1 Å². The number of nitrogens with two attached hydrogens (primary N) is 1. The van der Waals surface area contributed by atoms with Crippen molar-refractivity contribution < 1.29 is 13.9 Å². The van der Waals surface area contributed by atoms with Gasteiger partial charge in [0.05, 0.1) is 0 Å². The highest BCUT2D eigenvalue weighted by Crippen LogP contribution is 2.17. The van der Waals surface area contributed by atoms with Gasteiger partial charge in [0.2, 0.25) is 5.91 Å². The average molecular weight is 277 g/mol. The van der Waals surface area contributed by atoms with Gasteiger partial charge >= 0.3 is 0 Å². The summed E-state index contributed by atoms with van der Waals surface area (Å²) in [6, 6.07) is 6.83. The predicted octanol–water partition coefficient (Wildman–Crippen LogP) is 1.99. The van der Waals surface area contributed by atoms with Gasteiger partial charge < -0.3 is 15.8 Å². The van der Waals surface area contributed by atoms with Crippen LogP contribution in [0.3, 0.4) is 0 Å². The number of carbonyl (C=O) groups excluding carboxylic acids is 1. The molecule has 0 spiro atoms. The molecule has 1 unspecified atom stereocenters. The third-order valence-corrected chi connectivity index (χ3v) is 2.25. The van der Waals surface area contributed by atoms with Crippen molar-refractivity contribution in [2.24, 2.45) is 11.7 Å². The largest absolute Gasteiger partial charge is 0.491 e. The van der Waals surface area contributed by atoms with Crippen molar-refractivity contribution in [1.82, 2.24) is 0 Å². The summed E-state index contributed by atoms with van der Waals surface area (Å²) in [4.78, 5) is 11.6. The van der Waals surface area contributed by atoms with E-state index in [4.69, 9.17) is 10.5 Å². The zero-order chi connectivity index (χ0) is 12.7. The molecule has 3 N–H and O–H groups in total. The molecule has 1 aromatic carbocycles. The van der Waals surface area contributed by atoms with Crippen molar-refractivity contribution in [3.63, 3.8) is 0 Å². The molecule has 18 heavy (non-hydrogen) atoms. The zero-order valence-corrected chi connectivity index (χ0v) is 11.0. The van der Waals surface area contributed by atoms with Crippen LogP contribution in [0.4, 0.5) is 10.1 Å². The van der Waals surface area contributed by atoms with Crippen molar-refractivity contribution >= 4 is 24.0 Å². The molecule has 4 nitrogen and oxygen atoms in total. The van der Waals surface area contributed by atoms with Gasteiger partial charge in [0.25, 0.3) is 0 Å². The molecule has 0 aromatic heterocycles. The fraction of sp³-hybridized carbons (Fsp3) is 0.417. The molecule has 1 rings (SSSR count). The maximum atomic E-state index is 11.9. The van der Waals surface area contributed by atoms with E-state index in [-0.39, 0.29) is 30.8 Å². The first-order valence-electron chi connectivity index (χ1n) is 5.47. The number of carbonyl (C=O) groups is 1. The monoisotopic (exact) mass is 276 g/mol. The van der Waals surface area contributed by atoms with Gasteiger partial charge in [0.1, 0.15) is 19.0 Å². The average Bonchev–Trinajstić information content (AvgIpc) is 2.35. The molecule has 0 saturated heterocycles. The molecule has 0 heterocycles. The summed E-state index contributed by atoms with van der Waals surface area (Å²) in [6.07, 6.45) is 0. The first-order valence-corrected chi connectivity index (χ1v) is 5.47. The molecule has 0 fully saturated rings. The van der Waals surface area contributed by atoms with Crippen LogP contribution in [0.5, 0.6) is 5.75 Å². The molecule has 6 heteroatoms. The van der Waals surface area contributed by atoms with Gasteiger partial charge in [-0.1, -0.05) is 13.0 Å². The number of rotatable bonds is 6. The Labute approximate surface area is 112 Å². The third-order valence-electron chi connectivity index (χ3n) is 2.25. The van der Waals surface area contributed by atoms with E-state index in [1.807, 2.05) is 0 Å². The molecule has 0 aliphatic carbocycles. The zero-order valence-electron chi connectivity index (χ0n) is 10.2. The minimum absolute atomic E-state index is 0. The Hall–Kier alpha value is -1.33. The normalized spacial score (nSPS) is 11.3. The topological polar surface area (TPSA) is 64.4 Å². The Morgan fingerprint density at radius 3 is 2.89 bits per heavy atom. The van der Waals surface area contributed by atoms with Crippen LogP contribution in [0, 0.1) is 5.92 Å². The van der Waals surface area contributed by atoms with Gasteiger partial charge in [-0.25, -0.2) is 4.39 Å². The van der Waals surface area contributed by atoms with Crippen LogP contribution in [0.2, 0.25) is 0 Å². The molecular formula is C12H18ClFN2O2. The number of hydrogen-bond donors (Lipinski definition) is 2. The number of nitrogens with one attached hydrogen (secondary N) is 1. The second kappa shape index (κ2) is 8.72. The summed E-state index contributed by atoms with van der Waals surface area (Å²) in [6.45, 7) is 1.51. The van der Waals surface area contributed by atoms with Crippen LogP contribution in [0.25, 0.3) is 0 Å². The van der Waals surface area contributed by atoms with E-state index in [0.717, 1.165) is 0 Å². The molecule has 0 aliphatic rings. The molecule has 1 aromatic rings. The Morgan fingerprint density at radius 1 is 1.56 bits per heavy atom. The molecular weight excluding hydrogens is 259 g/mol. The molecule has 0 radical (unpaired) electrons. The van der Waals surface area contributed by atoms with Crippen molar-refractivity contribution in [1.29, 1.82) is 0 Å². The van der Waals surface area contributed by atoms with E-state index in [9.17, 15) is 9.18 Å². The lowest BCUT2D eigenvalue weighted by molar-refractivity contribution is -0.119. The van der Waals surface area contributed by atoms with Crippen LogP contribution in [0.1, 0.15) is 6.92 Å². The van der Waals surface area contributed by atoms with E-state index >= 15 is 0 Å². The predicted molar refractivity (Wildman–Crippen MR) is 72.0 cm³/mol. The highest BCUT2D eigenvalue weighted by Gasteiger charge is 2.10. The minimum atomic E-state index is -0.541. The second-order valence-electron chi connectivity index (χ2n) is 3.69. The van der Waals surface area contributed by atoms with Gasteiger partial charge in [-0.2, -0.15) is 0 Å². The quantitative estimate of drug-likeness (QED) is 0.835. The summed E-state index contributed by atoms with van der Waals surface area (Å²) < 4.78 is 17.0. The number of anilines is 1. The van der Waals surface area contributed by atoms with Gasteiger partial charge in [-0.15, -0.1) is 12.4 Å². The molecule has 1 atom stereocenters. The fourth-order valence-corrected chi connectivity index (χ4v) is 1.19. The maximum absolute atomic E-state index is 11.9. The van der Waals surface area contributed by atoms with Gasteiger partial charge in [0, 0.05) is 24.2 Å². The highest BCUT2D eigenvalue weighted by molar-refractivity contribution is 5.92. The summed E-state index contributed by atoms with van der Waals surface area (Å²) in [5.41, 5.74) is 6.01. The second-order valence-corrected chi connectivity index (χ2v) is 3.69. The number of halogens is 2. The van der Waals surface area contributed by atoms with Crippen LogP contribution in [-0.2, 0) is 4.79 Å². The lowest BCUT2D eigenvalue weighted by atomic mass is 10.1. The van der Waals surface area contributed by atoms with Crippen LogP contribution >= 0.6 is 12.4 Å². The standard InChI is InChI=1S/C12H17FN2O2.ClH/c1-9(8-14)12(16)15-10-3-2-4-11(7-10)17-6-5-13;/h2-4,7,9H,5-6,8,14H2,1H3,(H,15,16);1H. The number of amides is 1. The lowest BCUT2D eigenvalue weighted by Crippen LogP contribution is -2.26. The molecule has 1 amide bonds. The summed E-state index contributed by atoms with van der Waals surface area (Å²) in [7, 11) is 0. The number of alkyl halides is 1. The smallest absolute Gasteiger partial charge is 0.228 e. The van der Waals surface area contributed by atoms with Gasteiger partial charge in [-0.3, -0.25) is 4.79 Å². The van der Waals surface area contributed by atoms with Gasteiger partial charge in [-0.05, 0) is 12.1 Å². The Kier molecular flexibility index (Phi) is 8.07. The van der Waals surface area contributed by atoms with Crippen LogP contribution < -0.4 is 15.8 Å². The van der Waals surface area contributed by atoms with E-state index in [0.29, 0.717) is 18.0 Å². The van der Waals surface area contributed by atoms with E-state index in [1.54, 1.807) is 31.2 Å². The van der Waals surface area contributed by atoms with Crippen LogP contribution in [0.15, 0.2) is 24.3 Å². The SMILES string of the molecule is CC(CN)C(=O)Nc1cccc(OCCF)c1.Cl. The Balaban J connectivity index is 0.00000289. The van der Waals surface area contributed by atoms with Crippen molar-refractivity contribution in [2.45, 2.75) is 6.92 Å². The third kappa shape index (κ3) is 5.33. The molecule has 0 saturated carbocycles. The first-order chi connectivity index (χ1) is 8.17. The Bertz CT molecular complexity index is 377. The van der Waals surface area contributed by atoms with Crippen molar-refractivity contribution in [3.05, 3.63) is 24.3 Å². The summed E-state index contributed by atoms with van der Waals surface area (Å²) in [5.74, 6) is 0.140. The Morgan fingerprint density at radius 2 is 2.28 bits per heavy atom. The first kappa shape index (κ1) is 16.7. The maximum Gasteiger partial charge on any atom is 0.228 e. The highest BCUT2D eigenvalue weighted by atomic mass is 35.5. The summed E-state index contributed by atoms with van der Waals surface area (Å²) >= 11 is 0. The van der Waals surface area contributed by atoms with Gasteiger partial charge in [0.15, 0.2) is 0 Å². The van der Waals surface area contributed by atoms with E-state index in [2.05, 4.69) is 5.32 Å². The van der Waals surface area contributed by atoms with Crippen molar-refractivity contribution in [3.8, 4) is 5.75 Å². The lowest BCUT2D eigenvalue weighted by Gasteiger charge is -2.11. The molecule has 102 valence electrons. The number of ether oxygens (including phenoxy) is 1. The fourth-order valence-electron chi connectivity index (χ4n) is 1.19. The summed E-state index contributed by atoms with van der Waals surface area (Å²) in [5, 5.41) is 2.72. The minimum Gasteiger partial charge on any atom is -0.491 e. The van der Waals surface area contributed by atoms with E-state index < -0.39 is 6.67 Å². The number of hydrogen-bond acceptors (Lipinski definition) is 3.